The summed E-state index contributed by atoms with van der Waals surface area (Å²) in [5, 5.41) is 5.08. The van der Waals surface area contributed by atoms with Crippen molar-refractivity contribution >= 4 is 23.1 Å². The fourth-order valence-corrected chi connectivity index (χ4v) is 4.83. The Morgan fingerprint density at radius 3 is 2.46 bits per heavy atom. The summed E-state index contributed by atoms with van der Waals surface area (Å²) in [5.74, 6) is 0.486. The zero-order valence-corrected chi connectivity index (χ0v) is 16.0. The fourth-order valence-electron chi connectivity index (χ4n) is 4.83. The normalized spacial score (nSPS) is 17.2. The molecule has 0 radical (unpaired) electrons. The van der Waals surface area contributed by atoms with Crippen LogP contribution in [0.15, 0.2) is 60.7 Å². The Morgan fingerprint density at radius 2 is 1.64 bits per heavy atom. The number of benzene rings is 3. The number of nitrogens with two attached hydrogens (primary N) is 1. The second-order valence-electron chi connectivity index (χ2n) is 7.88. The van der Waals surface area contributed by atoms with Crippen molar-refractivity contribution < 1.29 is 4.79 Å². The molecule has 0 amide bonds. The van der Waals surface area contributed by atoms with Crippen LogP contribution in [0.25, 0.3) is 11.6 Å². The molecule has 0 saturated carbocycles. The minimum atomic E-state index is 0.133. The summed E-state index contributed by atoms with van der Waals surface area (Å²) in [5.41, 5.74) is 10.9. The van der Waals surface area contributed by atoms with Crippen molar-refractivity contribution in [2.45, 2.75) is 32.1 Å². The van der Waals surface area contributed by atoms with Crippen molar-refractivity contribution in [2.24, 2.45) is 0 Å². The average molecular weight is 365 g/mol. The van der Waals surface area contributed by atoms with Gasteiger partial charge in [0.2, 0.25) is 0 Å². The van der Waals surface area contributed by atoms with Gasteiger partial charge in [0.25, 0.3) is 0 Å². The Balaban J connectivity index is 1.81. The van der Waals surface area contributed by atoms with E-state index in [0.717, 1.165) is 35.6 Å². The summed E-state index contributed by atoms with van der Waals surface area (Å²) < 4.78 is 0. The van der Waals surface area contributed by atoms with Crippen LogP contribution in [0.3, 0.4) is 0 Å². The van der Waals surface area contributed by atoms with Gasteiger partial charge in [-0.1, -0.05) is 49.4 Å². The minimum Gasteiger partial charge on any atom is -0.399 e. The van der Waals surface area contributed by atoms with E-state index >= 15 is 0 Å². The van der Waals surface area contributed by atoms with E-state index < -0.39 is 0 Å². The van der Waals surface area contributed by atoms with E-state index in [1.807, 2.05) is 12.1 Å². The van der Waals surface area contributed by atoms with Gasteiger partial charge in [-0.05, 0) is 75.5 Å². The number of ketones is 1. The molecule has 0 bridgehead atoms. The maximum atomic E-state index is 13.2. The third-order valence-electron chi connectivity index (χ3n) is 6.12. The number of carbonyl (C=O) groups is 1. The minimum absolute atomic E-state index is 0.133. The van der Waals surface area contributed by atoms with Crippen LogP contribution < -0.4 is 16.2 Å². The van der Waals surface area contributed by atoms with Gasteiger partial charge in [-0.3, -0.25) is 4.79 Å². The van der Waals surface area contributed by atoms with Crippen LogP contribution in [-0.4, -0.2) is 5.78 Å². The van der Waals surface area contributed by atoms with Crippen molar-refractivity contribution in [2.75, 3.05) is 5.73 Å². The number of fused-ring (bicyclic) bond motifs is 4. The van der Waals surface area contributed by atoms with Gasteiger partial charge >= 0.3 is 0 Å². The molecule has 0 heterocycles. The molecule has 0 fully saturated rings. The van der Waals surface area contributed by atoms with Crippen LogP contribution in [0, 0.1) is 10.4 Å². The molecule has 0 spiro atoms. The van der Waals surface area contributed by atoms with Gasteiger partial charge in [-0.25, -0.2) is 0 Å². The highest BCUT2D eigenvalue weighted by Gasteiger charge is 2.22. The molecule has 1 atom stereocenters. The predicted molar refractivity (Wildman–Crippen MR) is 114 cm³/mol. The van der Waals surface area contributed by atoms with Crippen molar-refractivity contribution in [3.8, 4) is 0 Å². The van der Waals surface area contributed by atoms with Gasteiger partial charge in [0.1, 0.15) is 0 Å². The lowest BCUT2D eigenvalue weighted by Crippen LogP contribution is -2.26. The summed E-state index contributed by atoms with van der Waals surface area (Å²) in [6, 6.07) is 20.3. The third kappa shape index (κ3) is 2.60. The quantitative estimate of drug-likeness (QED) is 0.554. The van der Waals surface area contributed by atoms with Crippen molar-refractivity contribution in [1.82, 2.24) is 0 Å². The maximum absolute atomic E-state index is 13.2. The molecular weight excluding hydrogens is 342 g/mol. The Labute approximate surface area is 164 Å². The van der Waals surface area contributed by atoms with Crippen molar-refractivity contribution in [3.63, 3.8) is 0 Å². The highest BCUT2D eigenvalue weighted by molar-refractivity contribution is 6.24. The molecular formula is C26H23NO. The van der Waals surface area contributed by atoms with E-state index in [1.165, 1.54) is 26.8 Å². The predicted octanol–water partition coefficient (Wildman–Crippen LogP) is 3.82. The molecule has 5 rings (SSSR count). The monoisotopic (exact) mass is 365 g/mol. The van der Waals surface area contributed by atoms with E-state index in [9.17, 15) is 4.79 Å². The highest BCUT2D eigenvalue weighted by atomic mass is 16.1. The van der Waals surface area contributed by atoms with Crippen molar-refractivity contribution in [3.05, 3.63) is 98.2 Å². The Kier molecular flexibility index (Phi) is 3.94. The maximum Gasteiger partial charge on any atom is 0.189 e. The summed E-state index contributed by atoms with van der Waals surface area (Å²) in [7, 11) is 0. The lowest BCUT2D eigenvalue weighted by Gasteiger charge is -2.23. The molecule has 1 unspecified atom stereocenters. The fraction of sp³-hybridized carbons (Fsp3) is 0.192. The molecule has 2 N–H and O–H groups in total. The second kappa shape index (κ2) is 6.49. The van der Waals surface area contributed by atoms with E-state index in [1.54, 1.807) is 12.1 Å². The van der Waals surface area contributed by atoms with Crippen LogP contribution in [-0.2, 0) is 6.42 Å². The molecule has 3 aromatic rings. The summed E-state index contributed by atoms with van der Waals surface area (Å²) in [6.45, 7) is 2.27. The summed E-state index contributed by atoms with van der Waals surface area (Å²) in [4.78, 5) is 13.2. The topological polar surface area (TPSA) is 43.1 Å². The molecule has 3 aromatic carbocycles. The number of anilines is 1. The third-order valence-corrected chi connectivity index (χ3v) is 6.12. The number of nitrogen functional groups attached to an aromatic ring is 1. The first-order valence-electron chi connectivity index (χ1n) is 10.00. The van der Waals surface area contributed by atoms with Gasteiger partial charge in [-0.2, -0.15) is 0 Å². The molecule has 2 heteroatoms. The number of carbonyl (C=O) groups excluding carboxylic acids is 1. The lowest BCUT2D eigenvalue weighted by molar-refractivity contribution is 0.105. The molecule has 0 aromatic heterocycles. The zero-order chi connectivity index (χ0) is 19.3. The smallest absolute Gasteiger partial charge is 0.189 e. The van der Waals surface area contributed by atoms with Gasteiger partial charge in [0, 0.05) is 22.7 Å². The number of Topliss-reactive ketones (excluding diaryl/α,β-unsaturated/α-hetero) is 1. The summed E-state index contributed by atoms with van der Waals surface area (Å²) in [6.07, 6.45) is 5.25. The molecule has 0 saturated heterocycles. The van der Waals surface area contributed by atoms with Gasteiger partial charge in [-0.15, -0.1) is 0 Å². The van der Waals surface area contributed by atoms with Crippen LogP contribution >= 0.6 is 0 Å². The Bertz CT molecular complexity index is 1320. The molecule has 0 aliphatic heterocycles. The van der Waals surface area contributed by atoms with E-state index in [-0.39, 0.29) is 5.78 Å². The molecule has 2 aliphatic rings. The Hall–Kier alpha value is -3.13. The first-order valence-corrected chi connectivity index (χ1v) is 10.00. The zero-order valence-electron chi connectivity index (χ0n) is 16.0. The van der Waals surface area contributed by atoms with Crippen LogP contribution in [0.1, 0.15) is 47.2 Å². The van der Waals surface area contributed by atoms with E-state index in [0.29, 0.717) is 11.6 Å². The number of hydrogen-bond acceptors (Lipinski definition) is 2. The molecule has 2 aliphatic carbocycles. The van der Waals surface area contributed by atoms with Crippen LogP contribution in [0.2, 0.25) is 0 Å². The van der Waals surface area contributed by atoms with E-state index in [4.69, 9.17) is 5.73 Å². The first-order chi connectivity index (χ1) is 13.6. The second-order valence-corrected chi connectivity index (χ2v) is 7.88. The van der Waals surface area contributed by atoms with Crippen molar-refractivity contribution in [1.29, 1.82) is 0 Å². The summed E-state index contributed by atoms with van der Waals surface area (Å²) >= 11 is 0. The highest BCUT2D eigenvalue weighted by Crippen LogP contribution is 2.28. The van der Waals surface area contributed by atoms with Crippen LogP contribution in [0.4, 0.5) is 5.69 Å². The van der Waals surface area contributed by atoms with E-state index in [2.05, 4.69) is 49.4 Å². The van der Waals surface area contributed by atoms with Gasteiger partial charge in [0.15, 0.2) is 5.78 Å². The van der Waals surface area contributed by atoms with Gasteiger partial charge in [0.05, 0.1) is 0 Å². The molecule has 2 nitrogen and oxygen atoms in total. The van der Waals surface area contributed by atoms with Gasteiger partial charge < -0.3 is 5.73 Å². The molecule has 138 valence electrons. The average Bonchev–Trinajstić information content (AvgIpc) is 2.73. The molecule has 28 heavy (non-hydrogen) atoms. The largest absolute Gasteiger partial charge is 0.399 e. The SMILES string of the molecule is CC1C=c2ccccc2=c2ccc3c(c21)CCCC=3C(=O)c1ccc(N)cc1. The van der Waals surface area contributed by atoms with Crippen LogP contribution in [0.5, 0.6) is 0 Å². The Morgan fingerprint density at radius 1 is 0.893 bits per heavy atom. The first kappa shape index (κ1) is 17.0. The number of hydrogen-bond donors (Lipinski definition) is 1. The lowest BCUT2D eigenvalue weighted by atomic mass is 9.81. The standard InChI is InChI=1S/C26H23NO/c1-16-15-18-5-2-3-6-20(18)23-14-13-21-22(25(16)23)7-4-8-24(21)26(28)17-9-11-19(27)12-10-17/h2-3,5-6,9-16H,4,7-8,27H2,1H3. The number of rotatable bonds is 2.